The molecule has 1 aromatic carbocycles. The van der Waals surface area contributed by atoms with Gasteiger partial charge in [-0.25, -0.2) is 4.68 Å². The van der Waals surface area contributed by atoms with Crippen LogP contribution in [-0.4, -0.2) is 33.0 Å². The van der Waals surface area contributed by atoms with Crippen molar-refractivity contribution in [2.24, 2.45) is 5.92 Å². The van der Waals surface area contributed by atoms with Gasteiger partial charge in [-0.15, -0.1) is 0 Å². The lowest BCUT2D eigenvalue weighted by Crippen LogP contribution is -2.41. The lowest BCUT2D eigenvalue weighted by molar-refractivity contribution is -0.577. The number of para-hydroxylation sites is 1. The summed E-state index contributed by atoms with van der Waals surface area (Å²) in [5.74, 6) is -1.16. The average molecular weight is 431 g/mol. The normalized spacial score (nSPS) is 14.2. The highest BCUT2D eigenvalue weighted by Gasteiger charge is 2.46. The Morgan fingerprint density at radius 2 is 1.78 bits per heavy atom. The maximum atomic E-state index is 13.5. The van der Waals surface area contributed by atoms with Crippen LogP contribution >= 0.6 is 0 Å². The fourth-order valence-corrected chi connectivity index (χ4v) is 3.98. The highest BCUT2D eigenvalue weighted by atomic mass is 16.3. The van der Waals surface area contributed by atoms with Gasteiger partial charge in [0.25, 0.3) is 11.6 Å². The molecule has 0 atom stereocenters. The van der Waals surface area contributed by atoms with Crippen LogP contribution in [0.3, 0.4) is 0 Å². The van der Waals surface area contributed by atoms with E-state index in [1.807, 2.05) is 58.0 Å². The maximum Gasteiger partial charge on any atom is 0.326 e. The van der Waals surface area contributed by atoms with Gasteiger partial charge >= 0.3 is 5.91 Å². The molecular weight excluding hydrogens is 404 g/mol. The number of nitrogens with zero attached hydrogens (tertiary/aromatic N) is 4. The van der Waals surface area contributed by atoms with Gasteiger partial charge in [0, 0.05) is 23.7 Å². The molecular formula is C25H26N4O3. The molecule has 3 heterocycles. The van der Waals surface area contributed by atoms with Gasteiger partial charge in [-0.2, -0.15) is 9.67 Å². The summed E-state index contributed by atoms with van der Waals surface area (Å²) in [7, 11) is 0. The number of aromatic nitrogens is 3. The smallest absolute Gasteiger partial charge is 0.326 e. The summed E-state index contributed by atoms with van der Waals surface area (Å²) in [6.07, 6.45) is 3.96. The van der Waals surface area contributed by atoms with Crippen molar-refractivity contribution in [3.63, 3.8) is 0 Å². The zero-order valence-electron chi connectivity index (χ0n) is 18.7. The minimum absolute atomic E-state index is 0.0930. The van der Waals surface area contributed by atoms with Crippen molar-refractivity contribution >= 4 is 23.1 Å². The second kappa shape index (κ2) is 8.42. The van der Waals surface area contributed by atoms with Crippen molar-refractivity contribution in [3.05, 3.63) is 71.7 Å². The number of hydrogen-bond acceptors (Lipinski definition) is 4. The minimum Gasteiger partial charge on any atom is -0.858 e. The van der Waals surface area contributed by atoms with E-state index in [2.05, 4.69) is 5.10 Å². The maximum absolute atomic E-state index is 13.5. The Balaban J connectivity index is 1.99. The van der Waals surface area contributed by atoms with Crippen molar-refractivity contribution < 1.29 is 19.3 Å². The van der Waals surface area contributed by atoms with E-state index < -0.39 is 17.7 Å². The predicted molar refractivity (Wildman–Crippen MR) is 118 cm³/mol. The van der Waals surface area contributed by atoms with Crippen molar-refractivity contribution in [1.29, 1.82) is 0 Å². The van der Waals surface area contributed by atoms with Gasteiger partial charge < -0.3 is 5.11 Å². The molecule has 0 aliphatic carbocycles. The highest BCUT2D eigenvalue weighted by molar-refractivity contribution is 6.44. The molecule has 3 aromatic rings. The Labute approximate surface area is 187 Å². The van der Waals surface area contributed by atoms with Crippen molar-refractivity contribution in [1.82, 2.24) is 14.7 Å². The first-order chi connectivity index (χ1) is 15.3. The van der Waals surface area contributed by atoms with Crippen LogP contribution in [-0.2, 0) is 16.0 Å². The van der Waals surface area contributed by atoms with Crippen molar-refractivity contribution in [2.75, 3.05) is 6.54 Å². The number of hydrogen-bond donors (Lipinski definition) is 0. The van der Waals surface area contributed by atoms with E-state index in [0.717, 1.165) is 5.56 Å². The van der Waals surface area contributed by atoms with Crippen molar-refractivity contribution in [2.45, 2.75) is 34.1 Å². The zero-order valence-corrected chi connectivity index (χ0v) is 18.7. The standard InChI is InChI=1S/C25H26N4O3/c1-5-19-20(24(31)29(26-19)18-11-7-6-8-12-18)21-22(27-13-9-10-17(4)15-27)25(32)28(23(21)30)14-16(2)3/h6-13,15-16H,5,14H2,1-4H3. The SMILES string of the molecule is CCc1nn(-c2ccccc2)c([O-])c1C1=C([n+]2cccc(C)c2)C(=O)N(CC(C)C)C1=O. The summed E-state index contributed by atoms with van der Waals surface area (Å²) in [5.41, 5.74) is 2.55. The van der Waals surface area contributed by atoms with Crippen LogP contribution < -0.4 is 9.67 Å². The first-order valence-corrected chi connectivity index (χ1v) is 10.8. The lowest BCUT2D eigenvalue weighted by atomic mass is 10.0. The largest absolute Gasteiger partial charge is 0.858 e. The van der Waals surface area contributed by atoms with Crippen molar-refractivity contribution in [3.8, 4) is 11.6 Å². The monoisotopic (exact) mass is 430 g/mol. The van der Waals surface area contributed by atoms with Gasteiger partial charge in [0.05, 0.1) is 11.4 Å². The Kier molecular flexibility index (Phi) is 5.65. The molecule has 1 aliphatic heterocycles. The first kappa shape index (κ1) is 21.5. The lowest BCUT2D eigenvalue weighted by Gasteiger charge is -2.17. The van der Waals surface area contributed by atoms with Crippen LogP contribution in [0, 0.1) is 12.8 Å². The first-order valence-electron chi connectivity index (χ1n) is 10.8. The van der Waals surface area contributed by atoms with E-state index in [0.29, 0.717) is 17.8 Å². The Bertz CT molecular complexity index is 1230. The molecule has 0 saturated heterocycles. The topological polar surface area (TPSA) is 82.1 Å². The third kappa shape index (κ3) is 3.60. The fourth-order valence-electron chi connectivity index (χ4n) is 3.98. The average Bonchev–Trinajstić information content (AvgIpc) is 3.22. The van der Waals surface area contributed by atoms with Gasteiger partial charge in [-0.05, 0) is 43.3 Å². The molecule has 0 bridgehead atoms. The van der Waals surface area contributed by atoms with E-state index in [1.54, 1.807) is 29.1 Å². The number of benzene rings is 1. The number of rotatable bonds is 6. The molecule has 0 spiro atoms. The van der Waals surface area contributed by atoms with Gasteiger partial charge in [-0.3, -0.25) is 14.5 Å². The summed E-state index contributed by atoms with van der Waals surface area (Å²) < 4.78 is 2.95. The van der Waals surface area contributed by atoms with Crippen LogP contribution in [0.2, 0.25) is 0 Å². The highest BCUT2D eigenvalue weighted by Crippen LogP contribution is 2.37. The molecule has 4 rings (SSSR count). The van der Waals surface area contributed by atoms with Crippen LogP contribution in [0.5, 0.6) is 5.88 Å². The molecule has 0 radical (unpaired) electrons. The van der Waals surface area contributed by atoms with Gasteiger partial charge in [-0.1, -0.05) is 39.0 Å². The summed E-state index contributed by atoms with van der Waals surface area (Å²) in [5, 5.41) is 18.0. The number of aryl methyl sites for hydroxylation is 2. The summed E-state index contributed by atoms with van der Waals surface area (Å²) in [4.78, 5) is 28.2. The molecule has 0 fully saturated rings. The molecule has 1 aliphatic rings. The van der Waals surface area contributed by atoms with Crippen LogP contribution in [0.1, 0.15) is 37.6 Å². The zero-order chi connectivity index (χ0) is 23.0. The van der Waals surface area contributed by atoms with E-state index in [-0.39, 0.29) is 29.3 Å². The quantitative estimate of drug-likeness (QED) is 0.444. The molecule has 164 valence electrons. The Morgan fingerprint density at radius 3 is 2.41 bits per heavy atom. The van der Waals surface area contributed by atoms with Gasteiger partial charge in [0.1, 0.15) is 5.57 Å². The molecule has 2 aromatic heterocycles. The predicted octanol–water partition coefficient (Wildman–Crippen LogP) is 2.50. The molecule has 0 unspecified atom stereocenters. The molecule has 32 heavy (non-hydrogen) atoms. The Morgan fingerprint density at radius 1 is 1.06 bits per heavy atom. The number of carbonyl (C=O) groups is 2. The van der Waals surface area contributed by atoms with E-state index in [9.17, 15) is 14.7 Å². The van der Waals surface area contributed by atoms with E-state index >= 15 is 0 Å². The summed E-state index contributed by atoms with van der Waals surface area (Å²) in [6, 6.07) is 12.8. The third-order valence-electron chi connectivity index (χ3n) is 5.40. The number of amides is 2. The fraction of sp³-hybridized carbons (Fsp3) is 0.280. The number of imide groups is 1. The van der Waals surface area contributed by atoms with E-state index in [4.69, 9.17) is 0 Å². The molecule has 7 heteroatoms. The minimum atomic E-state index is -0.452. The molecule has 2 amide bonds. The van der Waals surface area contributed by atoms with Crippen LogP contribution in [0.15, 0.2) is 54.9 Å². The molecule has 7 nitrogen and oxygen atoms in total. The van der Waals surface area contributed by atoms with E-state index in [1.165, 1.54) is 9.58 Å². The van der Waals surface area contributed by atoms with Crippen LogP contribution in [0.4, 0.5) is 0 Å². The second-order valence-corrected chi connectivity index (χ2v) is 8.35. The van der Waals surface area contributed by atoms with Gasteiger partial charge in [0.2, 0.25) is 0 Å². The molecule has 0 N–H and O–H groups in total. The van der Waals surface area contributed by atoms with Gasteiger partial charge in [0.15, 0.2) is 12.4 Å². The summed E-state index contributed by atoms with van der Waals surface area (Å²) >= 11 is 0. The number of pyridine rings is 1. The molecule has 0 saturated carbocycles. The summed E-state index contributed by atoms with van der Waals surface area (Å²) in [6.45, 7) is 7.96. The third-order valence-corrected chi connectivity index (χ3v) is 5.40. The van der Waals surface area contributed by atoms with Crippen LogP contribution in [0.25, 0.3) is 17.0 Å². The number of carbonyl (C=O) groups excluding carboxylic acids is 2. The Hall–Kier alpha value is -3.74. The second-order valence-electron chi connectivity index (χ2n) is 8.35.